The van der Waals surface area contributed by atoms with E-state index in [0.717, 1.165) is 0 Å². The number of phenolic OH excluding ortho intramolecular Hbond substituents is 2. The molecule has 1 aromatic carbocycles. The van der Waals surface area contributed by atoms with Crippen molar-refractivity contribution in [1.82, 2.24) is 0 Å². The first-order valence-corrected chi connectivity index (χ1v) is 5.39. The molecule has 0 bridgehead atoms. The van der Waals surface area contributed by atoms with E-state index in [1.165, 1.54) is 24.3 Å². The zero-order valence-corrected chi connectivity index (χ0v) is 10.3. The first kappa shape index (κ1) is 13.8. The van der Waals surface area contributed by atoms with E-state index in [0.29, 0.717) is 5.56 Å². The molecule has 0 aliphatic heterocycles. The summed E-state index contributed by atoms with van der Waals surface area (Å²) in [5, 5.41) is 27.8. The number of rotatable bonds is 4. The Morgan fingerprint density at radius 1 is 1.28 bits per heavy atom. The molecule has 4 heteroatoms. The van der Waals surface area contributed by atoms with E-state index in [4.69, 9.17) is 0 Å². The molecule has 18 heavy (non-hydrogen) atoms. The Labute approximate surface area is 106 Å². The Morgan fingerprint density at radius 2 is 1.89 bits per heavy atom. The predicted octanol–water partition coefficient (Wildman–Crippen LogP) is 2.78. The van der Waals surface area contributed by atoms with Gasteiger partial charge in [0.15, 0.2) is 11.5 Å². The highest BCUT2D eigenvalue weighted by Crippen LogP contribution is 2.31. The lowest BCUT2D eigenvalue weighted by Gasteiger charge is -2.20. The minimum absolute atomic E-state index is 0.155. The van der Waals surface area contributed by atoms with Crippen molar-refractivity contribution in [2.45, 2.75) is 13.8 Å². The predicted molar refractivity (Wildman–Crippen MR) is 69.4 cm³/mol. The maximum absolute atomic E-state index is 11.2. The number of phenols is 2. The summed E-state index contributed by atoms with van der Waals surface area (Å²) in [5.41, 5.74) is -0.0421. The fourth-order valence-corrected chi connectivity index (χ4v) is 1.43. The Morgan fingerprint density at radius 3 is 2.33 bits per heavy atom. The molecule has 3 N–H and O–H groups in total. The molecule has 0 aromatic heterocycles. The second-order valence-corrected chi connectivity index (χ2v) is 4.54. The number of benzene rings is 1. The van der Waals surface area contributed by atoms with Crippen molar-refractivity contribution in [1.29, 1.82) is 0 Å². The maximum Gasteiger partial charge on any atom is 0.332 e. The van der Waals surface area contributed by atoms with E-state index in [-0.39, 0.29) is 17.1 Å². The lowest BCUT2D eigenvalue weighted by molar-refractivity contribution is -0.133. The molecular formula is C14H16O4. The molecule has 0 fully saturated rings. The van der Waals surface area contributed by atoms with Gasteiger partial charge in [-0.2, -0.15) is 0 Å². The van der Waals surface area contributed by atoms with Gasteiger partial charge in [-0.1, -0.05) is 26.0 Å². The Bertz CT molecular complexity index is 513. The number of carboxylic acid groups (broad SMARTS) is 1. The fraction of sp³-hybridized carbons (Fsp3) is 0.214. The highest BCUT2D eigenvalue weighted by molar-refractivity contribution is 5.94. The molecule has 0 spiro atoms. The second kappa shape index (κ2) is 4.96. The Balaban J connectivity index is 3.29. The van der Waals surface area contributed by atoms with Crippen LogP contribution >= 0.6 is 0 Å². The zero-order valence-electron chi connectivity index (χ0n) is 10.3. The van der Waals surface area contributed by atoms with Crippen LogP contribution in [0.3, 0.4) is 0 Å². The first-order valence-electron chi connectivity index (χ1n) is 5.39. The van der Waals surface area contributed by atoms with E-state index in [2.05, 4.69) is 6.58 Å². The average Bonchev–Trinajstić information content (AvgIpc) is 2.29. The van der Waals surface area contributed by atoms with Gasteiger partial charge in [-0.3, -0.25) is 0 Å². The van der Waals surface area contributed by atoms with Crippen molar-refractivity contribution in [2.75, 3.05) is 0 Å². The van der Waals surface area contributed by atoms with Crippen LogP contribution in [0.1, 0.15) is 19.4 Å². The number of aromatic hydroxyl groups is 2. The third kappa shape index (κ3) is 2.91. The molecule has 0 saturated carbocycles. The molecule has 0 atom stereocenters. The van der Waals surface area contributed by atoms with Crippen molar-refractivity contribution in [3.8, 4) is 11.5 Å². The van der Waals surface area contributed by atoms with Crippen LogP contribution in [0.15, 0.2) is 36.4 Å². The minimum atomic E-state index is -1.05. The molecule has 1 aromatic rings. The van der Waals surface area contributed by atoms with Gasteiger partial charge in [0, 0.05) is 11.0 Å². The third-order valence-electron chi connectivity index (χ3n) is 2.75. The fourth-order valence-electron chi connectivity index (χ4n) is 1.43. The van der Waals surface area contributed by atoms with Gasteiger partial charge in [0.05, 0.1) is 0 Å². The van der Waals surface area contributed by atoms with Crippen molar-refractivity contribution < 1.29 is 20.1 Å². The van der Waals surface area contributed by atoms with Crippen LogP contribution in [0, 0.1) is 5.41 Å². The normalized spacial score (nSPS) is 12.2. The van der Waals surface area contributed by atoms with Crippen molar-refractivity contribution in [2.24, 2.45) is 5.41 Å². The number of aliphatic carboxylic acids is 1. The lowest BCUT2D eigenvalue weighted by atomic mass is 9.83. The van der Waals surface area contributed by atoms with Gasteiger partial charge in [-0.05, 0) is 23.8 Å². The van der Waals surface area contributed by atoms with Crippen LogP contribution in [0.25, 0.3) is 6.08 Å². The SMILES string of the molecule is C=CC(C)(C)C(=Cc1ccc(O)c(O)c1)C(=O)O. The Hall–Kier alpha value is -2.23. The molecular weight excluding hydrogens is 232 g/mol. The van der Waals surface area contributed by atoms with Gasteiger partial charge in [-0.15, -0.1) is 6.58 Å². The van der Waals surface area contributed by atoms with Crippen molar-refractivity contribution >= 4 is 12.0 Å². The van der Waals surface area contributed by atoms with E-state index in [9.17, 15) is 20.1 Å². The number of allylic oxidation sites excluding steroid dienone is 1. The molecule has 0 aliphatic rings. The molecule has 4 nitrogen and oxygen atoms in total. The minimum Gasteiger partial charge on any atom is -0.504 e. The topological polar surface area (TPSA) is 77.8 Å². The molecule has 0 aliphatic carbocycles. The smallest absolute Gasteiger partial charge is 0.332 e. The maximum atomic E-state index is 11.2. The molecule has 0 unspecified atom stereocenters. The van der Waals surface area contributed by atoms with E-state index in [1.807, 2.05) is 0 Å². The highest BCUT2D eigenvalue weighted by atomic mass is 16.4. The van der Waals surface area contributed by atoms with E-state index in [1.54, 1.807) is 19.9 Å². The zero-order chi connectivity index (χ0) is 13.9. The van der Waals surface area contributed by atoms with Crippen molar-refractivity contribution in [3.63, 3.8) is 0 Å². The lowest BCUT2D eigenvalue weighted by Crippen LogP contribution is -2.18. The summed E-state index contributed by atoms with van der Waals surface area (Å²) in [6.45, 7) is 7.09. The standard InChI is InChI=1S/C14H16O4/c1-4-14(2,3)10(13(17)18)7-9-5-6-11(15)12(16)8-9/h4-8,15-16H,1H2,2-3H3,(H,17,18). The summed E-state index contributed by atoms with van der Waals surface area (Å²) >= 11 is 0. The highest BCUT2D eigenvalue weighted by Gasteiger charge is 2.25. The molecule has 0 amide bonds. The second-order valence-electron chi connectivity index (χ2n) is 4.54. The van der Waals surface area contributed by atoms with Crippen LogP contribution in [-0.4, -0.2) is 21.3 Å². The number of hydrogen-bond acceptors (Lipinski definition) is 3. The van der Waals surface area contributed by atoms with Gasteiger partial charge in [0.1, 0.15) is 0 Å². The average molecular weight is 248 g/mol. The number of carboxylic acids is 1. The largest absolute Gasteiger partial charge is 0.504 e. The molecule has 0 saturated heterocycles. The number of hydrogen-bond donors (Lipinski definition) is 3. The van der Waals surface area contributed by atoms with E-state index < -0.39 is 11.4 Å². The molecule has 96 valence electrons. The summed E-state index contributed by atoms with van der Waals surface area (Å²) in [7, 11) is 0. The Kier molecular flexibility index (Phi) is 3.81. The molecule has 0 radical (unpaired) electrons. The van der Waals surface area contributed by atoms with Gasteiger partial charge < -0.3 is 15.3 Å². The summed E-state index contributed by atoms with van der Waals surface area (Å²) in [4.78, 5) is 11.2. The van der Waals surface area contributed by atoms with Gasteiger partial charge in [0.25, 0.3) is 0 Å². The number of carbonyl (C=O) groups is 1. The van der Waals surface area contributed by atoms with Crippen LogP contribution < -0.4 is 0 Å². The first-order chi connectivity index (χ1) is 8.27. The monoisotopic (exact) mass is 248 g/mol. The van der Waals surface area contributed by atoms with Crippen LogP contribution in [0.2, 0.25) is 0 Å². The van der Waals surface area contributed by atoms with E-state index >= 15 is 0 Å². The van der Waals surface area contributed by atoms with Gasteiger partial charge >= 0.3 is 5.97 Å². The van der Waals surface area contributed by atoms with Crippen LogP contribution in [0.5, 0.6) is 11.5 Å². The summed E-state index contributed by atoms with van der Waals surface area (Å²) < 4.78 is 0. The van der Waals surface area contributed by atoms with Gasteiger partial charge in [0.2, 0.25) is 0 Å². The molecule has 0 heterocycles. The van der Waals surface area contributed by atoms with Crippen LogP contribution in [-0.2, 0) is 4.79 Å². The summed E-state index contributed by atoms with van der Waals surface area (Å²) in [5.74, 6) is -1.58. The summed E-state index contributed by atoms with van der Waals surface area (Å²) in [6.07, 6.45) is 3.00. The quantitative estimate of drug-likeness (QED) is 0.435. The van der Waals surface area contributed by atoms with Crippen LogP contribution in [0.4, 0.5) is 0 Å². The van der Waals surface area contributed by atoms with Crippen molar-refractivity contribution in [3.05, 3.63) is 42.0 Å². The third-order valence-corrected chi connectivity index (χ3v) is 2.75. The van der Waals surface area contributed by atoms with Gasteiger partial charge in [-0.25, -0.2) is 4.79 Å². The summed E-state index contributed by atoms with van der Waals surface area (Å²) in [6, 6.07) is 4.14. The molecule has 1 rings (SSSR count).